The van der Waals surface area contributed by atoms with E-state index in [9.17, 15) is 0 Å². The Kier molecular flexibility index (Phi) is 5.91. The van der Waals surface area contributed by atoms with Gasteiger partial charge in [-0.25, -0.2) is 0 Å². The molecule has 0 radical (unpaired) electrons. The largest absolute Gasteiger partial charge is 0.494 e. The van der Waals surface area contributed by atoms with Gasteiger partial charge in [-0.1, -0.05) is 23.8 Å². The monoisotopic (exact) mass is 314 g/mol. The first kappa shape index (κ1) is 17.2. The molecule has 3 nitrogen and oxygen atoms in total. The molecule has 0 spiro atoms. The molecule has 0 atom stereocenters. The average molecular weight is 314 g/mol. The van der Waals surface area contributed by atoms with Gasteiger partial charge in [0.2, 0.25) is 0 Å². The molecule has 0 aliphatic rings. The highest BCUT2D eigenvalue weighted by Gasteiger charge is 2.18. The fraction of sp³-hybridized carbons (Fsp3) is 0.400. The summed E-state index contributed by atoms with van der Waals surface area (Å²) in [6.07, 6.45) is 0. The molecule has 0 amide bonds. The zero-order valence-electron chi connectivity index (χ0n) is 14.7. The van der Waals surface area contributed by atoms with Crippen molar-refractivity contribution in [3.8, 4) is 28.4 Å². The van der Waals surface area contributed by atoms with Crippen molar-refractivity contribution in [1.82, 2.24) is 0 Å². The number of rotatable bonds is 7. The highest BCUT2D eigenvalue weighted by atomic mass is 16.5. The summed E-state index contributed by atoms with van der Waals surface area (Å²) in [5, 5.41) is 0. The molecule has 124 valence electrons. The number of hydrogen-bond acceptors (Lipinski definition) is 3. The Balaban J connectivity index is 2.69. The van der Waals surface area contributed by atoms with Crippen molar-refractivity contribution in [2.45, 2.75) is 34.6 Å². The molecule has 2 aromatic rings. The van der Waals surface area contributed by atoms with Gasteiger partial charge in [0, 0.05) is 12.1 Å². The van der Waals surface area contributed by atoms with Gasteiger partial charge in [0.1, 0.15) is 17.2 Å². The maximum Gasteiger partial charge on any atom is 0.134 e. The van der Waals surface area contributed by atoms with Crippen LogP contribution >= 0.6 is 0 Å². The summed E-state index contributed by atoms with van der Waals surface area (Å²) >= 11 is 0. The second-order valence-electron chi connectivity index (χ2n) is 5.41. The van der Waals surface area contributed by atoms with E-state index in [4.69, 9.17) is 14.2 Å². The lowest BCUT2D eigenvalue weighted by molar-refractivity contribution is 0.309. The van der Waals surface area contributed by atoms with E-state index >= 15 is 0 Å². The van der Waals surface area contributed by atoms with Crippen LogP contribution in [0.25, 0.3) is 11.1 Å². The second kappa shape index (κ2) is 7.91. The first-order valence-electron chi connectivity index (χ1n) is 8.24. The molecule has 0 aliphatic carbocycles. The Morgan fingerprint density at radius 3 is 1.83 bits per heavy atom. The maximum atomic E-state index is 5.90. The van der Waals surface area contributed by atoms with Crippen LogP contribution in [0.2, 0.25) is 0 Å². The molecule has 0 aromatic heterocycles. The van der Waals surface area contributed by atoms with Crippen LogP contribution < -0.4 is 14.2 Å². The van der Waals surface area contributed by atoms with E-state index in [2.05, 4.69) is 32.0 Å². The number of hydrogen-bond donors (Lipinski definition) is 0. The van der Waals surface area contributed by atoms with E-state index in [1.165, 1.54) is 11.1 Å². The molecule has 0 bridgehead atoms. The summed E-state index contributed by atoms with van der Waals surface area (Å²) in [7, 11) is 0. The van der Waals surface area contributed by atoms with Gasteiger partial charge in [-0.2, -0.15) is 0 Å². The molecule has 0 saturated carbocycles. The van der Waals surface area contributed by atoms with Gasteiger partial charge >= 0.3 is 0 Å². The quantitative estimate of drug-likeness (QED) is 0.706. The van der Waals surface area contributed by atoms with Crippen LogP contribution in [0.15, 0.2) is 30.3 Å². The number of aryl methyl sites for hydroxylation is 2. The predicted octanol–water partition coefficient (Wildman–Crippen LogP) is 5.17. The van der Waals surface area contributed by atoms with Crippen LogP contribution in [0.3, 0.4) is 0 Å². The Bertz CT molecular complexity index is 635. The topological polar surface area (TPSA) is 27.7 Å². The Labute approximate surface area is 139 Å². The molecule has 2 aromatic carbocycles. The number of ether oxygens (including phenoxy) is 3. The number of benzene rings is 2. The molecule has 0 aliphatic heterocycles. The molecular weight excluding hydrogens is 288 g/mol. The van der Waals surface area contributed by atoms with Crippen molar-refractivity contribution in [3.63, 3.8) is 0 Å². The normalized spacial score (nSPS) is 10.5. The molecule has 0 unspecified atom stereocenters. The van der Waals surface area contributed by atoms with Gasteiger partial charge in [0.25, 0.3) is 0 Å². The Hall–Kier alpha value is -2.16. The fourth-order valence-corrected chi connectivity index (χ4v) is 2.63. The minimum Gasteiger partial charge on any atom is -0.494 e. The first-order chi connectivity index (χ1) is 11.1. The van der Waals surface area contributed by atoms with Crippen molar-refractivity contribution < 1.29 is 14.2 Å². The molecule has 0 heterocycles. The molecule has 3 heteroatoms. The van der Waals surface area contributed by atoms with Crippen molar-refractivity contribution in [2.24, 2.45) is 0 Å². The maximum absolute atomic E-state index is 5.90. The standard InChI is InChI=1S/C20H26O3/c1-6-21-16-12-18(22-7-2)20(19(13-16)23-8-3)17-11-14(4)9-10-15(17)5/h9-13H,6-8H2,1-5H3. The van der Waals surface area contributed by atoms with Crippen molar-refractivity contribution in [2.75, 3.05) is 19.8 Å². The van der Waals surface area contributed by atoms with E-state index in [1.54, 1.807) is 0 Å². The SMILES string of the molecule is CCOc1cc(OCC)c(-c2cc(C)ccc2C)c(OCC)c1. The van der Waals surface area contributed by atoms with Crippen LogP contribution in [0.4, 0.5) is 0 Å². The van der Waals surface area contributed by atoms with Crippen molar-refractivity contribution >= 4 is 0 Å². The van der Waals surface area contributed by atoms with E-state index in [1.807, 2.05) is 32.9 Å². The fourth-order valence-electron chi connectivity index (χ4n) is 2.63. The lowest BCUT2D eigenvalue weighted by atomic mass is 9.96. The highest BCUT2D eigenvalue weighted by Crippen LogP contribution is 2.43. The molecular formula is C20H26O3. The van der Waals surface area contributed by atoms with E-state index in [0.717, 1.165) is 28.4 Å². The van der Waals surface area contributed by atoms with E-state index in [0.29, 0.717) is 19.8 Å². The van der Waals surface area contributed by atoms with Crippen molar-refractivity contribution in [3.05, 3.63) is 41.5 Å². The summed E-state index contributed by atoms with van der Waals surface area (Å²) in [6.45, 7) is 12.0. The van der Waals surface area contributed by atoms with Crippen LogP contribution in [0, 0.1) is 13.8 Å². The van der Waals surface area contributed by atoms with Crippen LogP contribution in [0.1, 0.15) is 31.9 Å². The average Bonchev–Trinajstić information content (AvgIpc) is 2.51. The second-order valence-corrected chi connectivity index (χ2v) is 5.41. The molecule has 0 saturated heterocycles. The third-order valence-electron chi connectivity index (χ3n) is 3.61. The molecule has 0 N–H and O–H groups in total. The predicted molar refractivity (Wildman–Crippen MR) is 94.9 cm³/mol. The first-order valence-corrected chi connectivity index (χ1v) is 8.24. The minimum atomic E-state index is 0.596. The third-order valence-corrected chi connectivity index (χ3v) is 3.61. The molecule has 23 heavy (non-hydrogen) atoms. The van der Waals surface area contributed by atoms with Crippen LogP contribution in [0.5, 0.6) is 17.2 Å². The zero-order chi connectivity index (χ0) is 16.8. The van der Waals surface area contributed by atoms with Gasteiger partial charge < -0.3 is 14.2 Å². The summed E-state index contributed by atoms with van der Waals surface area (Å²) < 4.78 is 17.5. The van der Waals surface area contributed by atoms with Crippen molar-refractivity contribution in [1.29, 1.82) is 0 Å². The van der Waals surface area contributed by atoms with E-state index in [-0.39, 0.29) is 0 Å². The Morgan fingerprint density at radius 2 is 1.30 bits per heavy atom. The Morgan fingerprint density at radius 1 is 0.739 bits per heavy atom. The molecule has 0 fully saturated rings. The highest BCUT2D eigenvalue weighted by molar-refractivity contribution is 5.80. The van der Waals surface area contributed by atoms with E-state index < -0.39 is 0 Å². The smallest absolute Gasteiger partial charge is 0.134 e. The lowest BCUT2D eigenvalue weighted by Gasteiger charge is -2.19. The van der Waals surface area contributed by atoms with Gasteiger partial charge in [-0.3, -0.25) is 0 Å². The van der Waals surface area contributed by atoms with Gasteiger partial charge in [0.05, 0.1) is 25.4 Å². The van der Waals surface area contributed by atoms with Gasteiger partial charge in [0.15, 0.2) is 0 Å². The molecule has 2 rings (SSSR count). The summed E-state index contributed by atoms with van der Waals surface area (Å²) in [5.41, 5.74) is 4.55. The van der Waals surface area contributed by atoms with Gasteiger partial charge in [-0.15, -0.1) is 0 Å². The van der Waals surface area contributed by atoms with Crippen LogP contribution in [-0.2, 0) is 0 Å². The summed E-state index contributed by atoms with van der Waals surface area (Å²) in [4.78, 5) is 0. The zero-order valence-corrected chi connectivity index (χ0v) is 14.7. The van der Waals surface area contributed by atoms with Crippen LogP contribution in [-0.4, -0.2) is 19.8 Å². The summed E-state index contributed by atoms with van der Waals surface area (Å²) in [5.74, 6) is 2.37. The third kappa shape index (κ3) is 3.98. The lowest BCUT2D eigenvalue weighted by Crippen LogP contribution is -2.02. The van der Waals surface area contributed by atoms with Gasteiger partial charge in [-0.05, 0) is 45.7 Å². The summed E-state index contributed by atoms with van der Waals surface area (Å²) in [6, 6.07) is 10.3. The minimum absolute atomic E-state index is 0.596.